The first-order chi connectivity index (χ1) is 18.4. The van der Waals surface area contributed by atoms with Gasteiger partial charge in [-0.1, -0.05) is 32.0 Å². The van der Waals surface area contributed by atoms with Crippen LogP contribution in [-0.2, 0) is 4.79 Å². The van der Waals surface area contributed by atoms with Crippen LogP contribution in [0, 0.1) is 10.1 Å². The normalized spacial score (nSPS) is 12.2. The van der Waals surface area contributed by atoms with E-state index in [1.54, 1.807) is 42.5 Å². The highest BCUT2D eigenvalue weighted by molar-refractivity contribution is 6.01. The number of anilines is 1. The molecule has 5 rings (SSSR count). The SMILES string of the molecule is CC[C@H](C)c1ccc2oc(-c3ccc(NC(=O)/C=C/c4ccc(-c5ccccc5[N+](=O)[O-])o4)cc3)nc2c1. The summed E-state index contributed by atoms with van der Waals surface area (Å²) in [5.41, 5.74) is 4.53. The minimum absolute atomic E-state index is 0.0488. The van der Waals surface area contributed by atoms with E-state index in [1.165, 1.54) is 23.8 Å². The molecular weight excluding hydrogens is 482 g/mol. The number of carbonyl (C=O) groups is 1. The van der Waals surface area contributed by atoms with Gasteiger partial charge in [0.05, 0.1) is 10.5 Å². The Labute approximate surface area is 218 Å². The summed E-state index contributed by atoms with van der Waals surface area (Å²) in [6.07, 6.45) is 3.90. The zero-order valence-corrected chi connectivity index (χ0v) is 20.9. The quantitative estimate of drug-likeness (QED) is 0.130. The van der Waals surface area contributed by atoms with Crippen molar-refractivity contribution in [3.8, 4) is 22.8 Å². The van der Waals surface area contributed by atoms with Gasteiger partial charge in [-0.15, -0.1) is 0 Å². The standard InChI is InChI=1S/C30H25N3O5/c1-3-19(2)21-10-15-28-25(18-21)32-30(38-28)20-8-11-22(12-9-20)31-29(34)17-14-23-13-16-27(37-23)24-6-4-5-7-26(24)33(35)36/h4-19H,3H2,1-2H3,(H,31,34)/b17-14+/t19-/m0/s1. The second-order valence-corrected chi connectivity index (χ2v) is 8.93. The summed E-state index contributed by atoms with van der Waals surface area (Å²) in [6, 6.07) is 23.0. The number of nitro groups is 1. The lowest BCUT2D eigenvalue weighted by Gasteiger charge is -2.07. The summed E-state index contributed by atoms with van der Waals surface area (Å²) in [6.45, 7) is 4.35. The van der Waals surface area contributed by atoms with Gasteiger partial charge in [-0.2, -0.15) is 0 Å². The molecule has 8 nitrogen and oxygen atoms in total. The second kappa shape index (κ2) is 10.6. The Kier molecular flexibility index (Phi) is 6.86. The van der Waals surface area contributed by atoms with Gasteiger partial charge in [0.25, 0.3) is 5.69 Å². The van der Waals surface area contributed by atoms with E-state index in [0.717, 1.165) is 23.1 Å². The number of nitrogens with zero attached hydrogens (tertiary/aromatic N) is 2. The fourth-order valence-corrected chi connectivity index (χ4v) is 4.08. The molecule has 0 aliphatic heterocycles. The van der Waals surface area contributed by atoms with E-state index < -0.39 is 4.92 Å². The van der Waals surface area contributed by atoms with Gasteiger partial charge < -0.3 is 14.2 Å². The predicted octanol–water partition coefficient (Wildman–Crippen LogP) is 7.83. The maximum Gasteiger partial charge on any atom is 0.280 e. The molecule has 0 saturated carbocycles. The van der Waals surface area contributed by atoms with Crippen LogP contribution in [0.25, 0.3) is 40.0 Å². The topological polar surface area (TPSA) is 111 Å². The third-order valence-electron chi connectivity index (χ3n) is 6.38. The number of furan rings is 1. The Morgan fingerprint density at radius 2 is 1.84 bits per heavy atom. The molecule has 0 aliphatic carbocycles. The number of hydrogen-bond donors (Lipinski definition) is 1. The minimum atomic E-state index is -0.458. The van der Waals surface area contributed by atoms with E-state index in [9.17, 15) is 14.9 Å². The molecule has 0 bridgehead atoms. The first-order valence-corrected chi connectivity index (χ1v) is 12.2. The molecule has 0 fully saturated rings. The Morgan fingerprint density at radius 1 is 1.05 bits per heavy atom. The molecule has 5 aromatic rings. The van der Waals surface area contributed by atoms with Gasteiger partial charge in [-0.05, 0) is 78.6 Å². The van der Waals surface area contributed by atoms with Gasteiger partial charge in [-0.25, -0.2) is 4.98 Å². The smallest absolute Gasteiger partial charge is 0.280 e. The molecule has 1 atom stereocenters. The number of fused-ring (bicyclic) bond motifs is 1. The third-order valence-corrected chi connectivity index (χ3v) is 6.38. The molecular formula is C30H25N3O5. The first kappa shape index (κ1) is 24.7. The van der Waals surface area contributed by atoms with Crippen LogP contribution in [0.4, 0.5) is 11.4 Å². The van der Waals surface area contributed by atoms with Crippen LogP contribution < -0.4 is 5.32 Å². The van der Waals surface area contributed by atoms with Crippen molar-refractivity contribution in [3.63, 3.8) is 0 Å². The zero-order valence-electron chi connectivity index (χ0n) is 20.9. The third kappa shape index (κ3) is 5.24. The van der Waals surface area contributed by atoms with Crippen LogP contribution in [0.2, 0.25) is 0 Å². The molecule has 0 spiro atoms. The molecule has 0 saturated heterocycles. The van der Waals surface area contributed by atoms with Gasteiger partial charge in [0, 0.05) is 23.4 Å². The Hall–Kier alpha value is -4.98. The van der Waals surface area contributed by atoms with Crippen molar-refractivity contribution in [2.24, 2.45) is 0 Å². The van der Waals surface area contributed by atoms with Crippen molar-refractivity contribution < 1.29 is 18.6 Å². The number of amides is 1. The molecule has 0 aliphatic rings. The van der Waals surface area contributed by atoms with Crippen molar-refractivity contribution in [2.45, 2.75) is 26.2 Å². The van der Waals surface area contributed by atoms with Crippen LogP contribution in [0.15, 0.2) is 93.8 Å². The number of para-hydroxylation sites is 1. The number of nitro benzene ring substituents is 1. The molecule has 0 radical (unpaired) electrons. The lowest BCUT2D eigenvalue weighted by Crippen LogP contribution is -2.07. The summed E-state index contributed by atoms with van der Waals surface area (Å²) < 4.78 is 11.6. The molecule has 0 unspecified atom stereocenters. The lowest BCUT2D eigenvalue weighted by atomic mass is 9.98. The number of benzene rings is 3. The van der Waals surface area contributed by atoms with Crippen molar-refractivity contribution in [3.05, 3.63) is 106 Å². The molecule has 1 amide bonds. The molecule has 2 heterocycles. The molecule has 8 heteroatoms. The van der Waals surface area contributed by atoms with Crippen molar-refractivity contribution >= 4 is 34.5 Å². The zero-order chi connectivity index (χ0) is 26.6. The number of aromatic nitrogens is 1. The lowest BCUT2D eigenvalue weighted by molar-refractivity contribution is -0.384. The Balaban J connectivity index is 1.24. The summed E-state index contributed by atoms with van der Waals surface area (Å²) in [4.78, 5) is 27.9. The molecule has 2 aromatic heterocycles. The minimum Gasteiger partial charge on any atom is -0.456 e. The van der Waals surface area contributed by atoms with Crippen molar-refractivity contribution in [2.75, 3.05) is 5.32 Å². The molecule has 1 N–H and O–H groups in total. The van der Waals surface area contributed by atoms with E-state index in [0.29, 0.717) is 34.6 Å². The predicted molar refractivity (Wildman–Crippen MR) is 147 cm³/mol. The van der Waals surface area contributed by atoms with Crippen LogP contribution in [0.5, 0.6) is 0 Å². The summed E-state index contributed by atoms with van der Waals surface area (Å²) >= 11 is 0. The Morgan fingerprint density at radius 3 is 2.61 bits per heavy atom. The highest BCUT2D eigenvalue weighted by atomic mass is 16.6. The van der Waals surface area contributed by atoms with Crippen LogP contribution >= 0.6 is 0 Å². The average molecular weight is 508 g/mol. The van der Waals surface area contributed by atoms with Crippen LogP contribution in [0.3, 0.4) is 0 Å². The van der Waals surface area contributed by atoms with Crippen LogP contribution in [0.1, 0.15) is 37.5 Å². The van der Waals surface area contributed by atoms with Crippen LogP contribution in [-0.4, -0.2) is 15.8 Å². The van der Waals surface area contributed by atoms with E-state index in [1.807, 2.05) is 18.2 Å². The molecule has 38 heavy (non-hydrogen) atoms. The fourth-order valence-electron chi connectivity index (χ4n) is 4.08. The Bertz CT molecular complexity index is 1650. The number of carbonyl (C=O) groups excluding carboxylic acids is 1. The van der Waals surface area contributed by atoms with Gasteiger partial charge >= 0.3 is 0 Å². The van der Waals surface area contributed by atoms with Crippen molar-refractivity contribution in [1.82, 2.24) is 4.98 Å². The number of hydrogen-bond acceptors (Lipinski definition) is 6. The highest BCUT2D eigenvalue weighted by Crippen LogP contribution is 2.31. The van der Waals surface area contributed by atoms with E-state index in [4.69, 9.17) is 8.83 Å². The summed E-state index contributed by atoms with van der Waals surface area (Å²) in [7, 11) is 0. The maximum absolute atomic E-state index is 12.4. The van der Waals surface area contributed by atoms with Gasteiger partial charge in [0.2, 0.25) is 11.8 Å². The number of oxazole rings is 1. The van der Waals surface area contributed by atoms with E-state index in [2.05, 4.69) is 36.3 Å². The van der Waals surface area contributed by atoms with E-state index >= 15 is 0 Å². The van der Waals surface area contributed by atoms with Gasteiger partial charge in [0.1, 0.15) is 17.0 Å². The number of rotatable bonds is 8. The second-order valence-electron chi connectivity index (χ2n) is 8.93. The fraction of sp³-hybridized carbons (Fsp3) is 0.133. The number of nitrogens with one attached hydrogen (secondary N) is 1. The largest absolute Gasteiger partial charge is 0.456 e. The summed E-state index contributed by atoms with van der Waals surface area (Å²) in [5.74, 6) is 1.38. The van der Waals surface area contributed by atoms with Gasteiger partial charge in [-0.3, -0.25) is 14.9 Å². The monoisotopic (exact) mass is 507 g/mol. The maximum atomic E-state index is 12.4. The molecule has 190 valence electrons. The first-order valence-electron chi connectivity index (χ1n) is 12.2. The average Bonchev–Trinajstić information content (AvgIpc) is 3.59. The van der Waals surface area contributed by atoms with E-state index in [-0.39, 0.29) is 11.6 Å². The summed E-state index contributed by atoms with van der Waals surface area (Å²) in [5, 5.41) is 14.1. The highest BCUT2D eigenvalue weighted by Gasteiger charge is 2.17. The van der Waals surface area contributed by atoms with Crippen molar-refractivity contribution in [1.29, 1.82) is 0 Å². The van der Waals surface area contributed by atoms with Gasteiger partial charge in [0.15, 0.2) is 5.58 Å². The molecule has 3 aromatic carbocycles.